The van der Waals surface area contributed by atoms with Crippen LogP contribution < -0.4 is 4.74 Å². The van der Waals surface area contributed by atoms with Crippen LogP contribution in [0.1, 0.15) is 11.1 Å². The van der Waals surface area contributed by atoms with Crippen LogP contribution in [0.15, 0.2) is 48.5 Å². The molecule has 0 radical (unpaired) electrons. The first-order valence-corrected chi connectivity index (χ1v) is 6.24. The molecule has 3 rings (SSSR count). The Balaban J connectivity index is 2.20. The molecule has 0 fully saturated rings. The first-order valence-electron chi connectivity index (χ1n) is 6.24. The summed E-state index contributed by atoms with van der Waals surface area (Å²) in [5.74, 6) is 0.615. The molecular formula is C16H14N2O2. The normalized spacial score (nSPS) is 10.7. The number of hydrogen-bond acceptors (Lipinski definition) is 3. The molecule has 0 atom stereocenters. The molecule has 4 heteroatoms. The van der Waals surface area contributed by atoms with Crippen molar-refractivity contribution in [1.82, 2.24) is 4.98 Å². The number of methoxy groups -OCH3 is 1. The van der Waals surface area contributed by atoms with Crippen LogP contribution in [0.5, 0.6) is 11.6 Å². The van der Waals surface area contributed by atoms with Gasteiger partial charge in [0.1, 0.15) is 5.75 Å². The predicted molar refractivity (Wildman–Crippen MR) is 78.9 cm³/mol. The molecule has 3 aromatic rings. The lowest BCUT2D eigenvalue weighted by atomic mass is 10.0. The number of para-hydroxylation sites is 2. The first-order chi connectivity index (χ1) is 9.72. The summed E-state index contributed by atoms with van der Waals surface area (Å²) in [6, 6.07) is 14.8. The molecule has 2 aromatic carbocycles. The fraction of sp³-hybridized carbons (Fsp3) is 0.0625. The number of aromatic hydroxyl groups is 1. The monoisotopic (exact) mass is 266 g/mol. The Labute approximate surface area is 116 Å². The van der Waals surface area contributed by atoms with Crippen molar-refractivity contribution in [1.29, 1.82) is 5.41 Å². The van der Waals surface area contributed by atoms with Crippen molar-refractivity contribution in [2.75, 3.05) is 7.11 Å². The molecule has 1 heterocycles. The molecule has 4 nitrogen and oxygen atoms in total. The molecule has 0 spiro atoms. The van der Waals surface area contributed by atoms with E-state index in [1.54, 1.807) is 13.2 Å². The summed E-state index contributed by atoms with van der Waals surface area (Å²) in [6.07, 6.45) is 0. The highest BCUT2D eigenvalue weighted by Crippen LogP contribution is 2.31. The minimum absolute atomic E-state index is 0.00195. The summed E-state index contributed by atoms with van der Waals surface area (Å²) in [5, 5.41) is 19.3. The summed E-state index contributed by atoms with van der Waals surface area (Å²) < 4.78 is 5.28. The van der Waals surface area contributed by atoms with E-state index in [-0.39, 0.29) is 11.6 Å². The van der Waals surface area contributed by atoms with E-state index in [1.807, 2.05) is 42.5 Å². The predicted octanol–water partition coefficient (Wildman–Crippen LogP) is 3.30. The Bertz CT molecular complexity index is 790. The summed E-state index contributed by atoms with van der Waals surface area (Å²) in [4.78, 5) is 2.89. The maximum Gasteiger partial charge on any atom is 0.199 e. The van der Waals surface area contributed by atoms with E-state index >= 15 is 0 Å². The molecule has 0 aliphatic rings. The van der Waals surface area contributed by atoms with Crippen molar-refractivity contribution >= 4 is 16.6 Å². The summed E-state index contributed by atoms with van der Waals surface area (Å²) in [5.41, 5.74) is 2.18. The largest absolute Gasteiger partial charge is 0.496 e. The van der Waals surface area contributed by atoms with Gasteiger partial charge in [0.15, 0.2) is 5.88 Å². The minimum atomic E-state index is 0.00195. The second-order valence-electron chi connectivity index (χ2n) is 4.47. The smallest absolute Gasteiger partial charge is 0.199 e. The van der Waals surface area contributed by atoms with Crippen LogP contribution in [0.4, 0.5) is 0 Å². The summed E-state index contributed by atoms with van der Waals surface area (Å²) in [6.45, 7) is 0. The summed E-state index contributed by atoms with van der Waals surface area (Å²) >= 11 is 0. The van der Waals surface area contributed by atoms with Crippen LogP contribution >= 0.6 is 0 Å². The van der Waals surface area contributed by atoms with Crippen molar-refractivity contribution in [3.63, 3.8) is 0 Å². The number of aromatic nitrogens is 1. The van der Waals surface area contributed by atoms with Gasteiger partial charge in [-0.15, -0.1) is 0 Å². The molecule has 0 saturated carbocycles. The molecular weight excluding hydrogens is 252 g/mol. The third-order valence-corrected chi connectivity index (χ3v) is 3.31. The number of H-pyrrole nitrogens is 1. The number of rotatable bonds is 3. The number of ether oxygens (including phenoxy) is 1. The van der Waals surface area contributed by atoms with E-state index in [0.29, 0.717) is 16.9 Å². The van der Waals surface area contributed by atoms with Crippen molar-refractivity contribution in [3.8, 4) is 11.6 Å². The zero-order valence-corrected chi connectivity index (χ0v) is 11.0. The second-order valence-corrected chi connectivity index (χ2v) is 4.47. The molecule has 3 N–H and O–H groups in total. The van der Waals surface area contributed by atoms with Gasteiger partial charge in [0.2, 0.25) is 0 Å². The van der Waals surface area contributed by atoms with Crippen molar-refractivity contribution in [3.05, 3.63) is 59.7 Å². The van der Waals surface area contributed by atoms with E-state index < -0.39 is 0 Å². The number of benzene rings is 2. The maximum absolute atomic E-state index is 10.1. The lowest BCUT2D eigenvalue weighted by molar-refractivity contribution is 0.414. The molecule has 0 aliphatic heterocycles. The van der Waals surface area contributed by atoms with Gasteiger partial charge in [0.25, 0.3) is 0 Å². The van der Waals surface area contributed by atoms with E-state index in [4.69, 9.17) is 10.1 Å². The Morgan fingerprint density at radius 3 is 2.60 bits per heavy atom. The van der Waals surface area contributed by atoms with Gasteiger partial charge in [-0.05, 0) is 18.2 Å². The van der Waals surface area contributed by atoms with Gasteiger partial charge in [0, 0.05) is 16.5 Å². The van der Waals surface area contributed by atoms with Gasteiger partial charge in [0.05, 0.1) is 18.4 Å². The number of fused-ring (bicyclic) bond motifs is 1. The molecule has 0 amide bonds. The summed E-state index contributed by atoms with van der Waals surface area (Å²) in [7, 11) is 1.57. The molecule has 20 heavy (non-hydrogen) atoms. The topological polar surface area (TPSA) is 69.1 Å². The Hall–Kier alpha value is -2.75. The lowest BCUT2D eigenvalue weighted by Gasteiger charge is -2.09. The molecule has 0 bridgehead atoms. The first kappa shape index (κ1) is 12.3. The van der Waals surface area contributed by atoms with E-state index in [0.717, 1.165) is 10.9 Å². The maximum atomic E-state index is 10.1. The number of aromatic amines is 1. The third kappa shape index (κ3) is 1.82. The SMILES string of the molecule is COc1ccccc1C(=N)c1c(O)[nH]c2ccccc12. The molecule has 100 valence electrons. The fourth-order valence-electron chi connectivity index (χ4n) is 2.37. The zero-order chi connectivity index (χ0) is 14.1. The van der Waals surface area contributed by atoms with Crippen molar-refractivity contribution < 1.29 is 9.84 Å². The van der Waals surface area contributed by atoms with Crippen LogP contribution in [0.3, 0.4) is 0 Å². The average Bonchev–Trinajstić information content (AvgIpc) is 2.82. The van der Waals surface area contributed by atoms with Gasteiger partial charge in [-0.1, -0.05) is 30.3 Å². The highest BCUT2D eigenvalue weighted by atomic mass is 16.5. The zero-order valence-electron chi connectivity index (χ0n) is 11.0. The molecule has 0 aliphatic carbocycles. The highest BCUT2D eigenvalue weighted by Gasteiger charge is 2.18. The molecule has 0 unspecified atom stereocenters. The van der Waals surface area contributed by atoms with Crippen molar-refractivity contribution in [2.45, 2.75) is 0 Å². The van der Waals surface area contributed by atoms with E-state index in [1.165, 1.54) is 0 Å². The van der Waals surface area contributed by atoms with Gasteiger partial charge in [-0.2, -0.15) is 0 Å². The highest BCUT2D eigenvalue weighted by molar-refractivity contribution is 6.20. The minimum Gasteiger partial charge on any atom is -0.496 e. The van der Waals surface area contributed by atoms with Gasteiger partial charge in [-0.25, -0.2) is 0 Å². The number of nitrogens with one attached hydrogen (secondary N) is 2. The Kier molecular flexibility index (Phi) is 2.91. The third-order valence-electron chi connectivity index (χ3n) is 3.31. The fourth-order valence-corrected chi connectivity index (χ4v) is 2.37. The van der Waals surface area contributed by atoms with Crippen LogP contribution in [0, 0.1) is 5.41 Å². The van der Waals surface area contributed by atoms with Crippen LogP contribution in [-0.4, -0.2) is 22.9 Å². The Morgan fingerprint density at radius 2 is 1.80 bits per heavy atom. The average molecular weight is 266 g/mol. The van der Waals surface area contributed by atoms with Gasteiger partial charge >= 0.3 is 0 Å². The van der Waals surface area contributed by atoms with Gasteiger partial charge in [-0.3, -0.25) is 5.41 Å². The van der Waals surface area contributed by atoms with Crippen LogP contribution in [0.2, 0.25) is 0 Å². The Morgan fingerprint density at radius 1 is 1.10 bits per heavy atom. The van der Waals surface area contributed by atoms with E-state index in [9.17, 15) is 5.11 Å². The van der Waals surface area contributed by atoms with Crippen LogP contribution in [-0.2, 0) is 0 Å². The molecule has 0 saturated heterocycles. The lowest BCUT2D eigenvalue weighted by Crippen LogP contribution is -2.03. The number of hydrogen-bond donors (Lipinski definition) is 3. The van der Waals surface area contributed by atoms with E-state index in [2.05, 4.69) is 4.98 Å². The molecule has 1 aromatic heterocycles. The quantitative estimate of drug-likeness (QED) is 0.637. The standard InChI is InChI=1S/C16H14N2O2/c1-20-13-9-5-3-7-11(13)15(17)14-10-6-2-4-8-12(10)18-16(14)19/h2-9,17-19H,1H3. The second kappa shape index (κ2) is 4.74. The van der Waals surface area contributed by atoms with Crippen molar-refractivity contribution in [2.24, 2.45) is 0 Å². The van der Waals surface area contributed by atoms with Crippen LogP contribution in [0.25, 0.3) is 10.9 Å². The van der Waals surface area contributed by atoms with Gasteiger partial charge < -0.3 is 14.8 Å².